The number of amides is 1. The third-order valence-electron chi connectivity index (χ3n) is 5.07. The summed E-state index contributed by atoms with van der Waals surface area (Å²) in [6.45, 7) is 4.74. The number of carbonyl (C=O) groups excluding carboxylic acids is 1. The Bertz CT molecular complexity index is 1260. The van der Waals surface area contributed by atoms with Crippen molar-refractivity contribution in [1.82, 2.24) is 5.32 Å². The summed E-state index contributed by atoms with van der Waals surface area (Å²) in [5.74, 6) is 0.563. The van der Waals surface area contributed by atoms with Crippen molar-refractivity contribution in [3.8, 4) is 5.75 Å². The number of rotatable bonds is 9. The van der Waals surface area contributed by atoms with Gasteiger partial charge in [-0.2, -0.15) is 0 Å². The van der Waals surface area contributed by atoms with E-state index in [2.05, 4.69) is 5.32 Å². The molecule has 0 aliphatic heterocycles. The molecule has 0 saturated carbocycles. The number of aryl methyl sites for hydroxylation is 2. The maximum absolute atomic E-state index is 12.5. The summed E-state index contributed by atoms with van der Waals surface area (Å²) >= 11 is 12.1. The van der Waals surface area contributed by atoms with E-state index in [1.165, 1.54) is 22.5 Å². The van der Waals surface area contributed by atoms with Crippen LogP contribution >= 0.6 is 23.2 Å². The van der Waals surface area contributed by atoms with Gasteiger partial charge in [0.1, 0.15) is 12.4 Å². The fraction of sp³-hybridized carbons (Fsp3) is 0.240. The lowest BCUT2D eigenvalue weighted by Gasteiger charge is -2.23. The molecule has 3 aromatic rings. The summed E-state index contributed by atoms with van der Waals surface area (Å²) in [4.78, 5) is 12.5. The van der Waals surface area contributed by atoms with E-state index >= 15 is 0 Å². The summed E-state index contributed by atoms with van der Waals surface area (Å²) in [5, 5.41) is 3.50. The molecule has 0 saturated heterocycles. The quantitative estimate of drug-likeness (QED) is 0.384. The molecule has 0 fully saturated rings. The minimum atomic E-state index is -3.60. The zero-order valence-corrected chi connectivity index (χ0v) is 21.5. The summed E-state index contributed by atoms with van der Waals surface area (Å²) in [6.07, 6.45) is 1.12. The number of nitrogens with one attached hydrogen (secondary N) is 1. The van der Waals surface area contributed by atoms with Crippen LogP contribution in [-0.2, 0) is 16.6 Å². The van der Waals surface area contributed by atoms with Crippen molar-refractivity contribution in [2.24, 2.45) is 0 Å². The Morgan fingerprint density at radius 1 is 0.971 bits per heavy atom. The zero-order chi connectivity index (χ0) is 24.9. The Morgan fingerprint density at radius 2 is 1.62 bits per heavy atom. The molecule has 0 bridgehead atoms. The fourth-order valence-corrected chi connectivity index (χ4v) is 4.69. The van der Waals surface area contributed by atoms with E-state index in [1.54, 1.807) is 24.3 Å². The van der Waals surface area contributed by atoms with Gasteiger partial charge >= 0.3 is 0 Å². The Morgan fingerprint density at radius 3 is 2.24 bits per heavy atom. The maximum Gasteiger partial charge on any atom is 0.251 e. The highest BCUT2D eigenvalue weighted by Gasteiger charge is 2.19. The molecule has 0 radical (unpaired) electrons. The van der Waals surface area contributed by atoms with Gasteiger partial charge in [-0.15, -0.1) is 0 Å². The van der Waals surface area contributed by atoms with E-state index in [9.17, 15) is 13.2 Å². The highest BCUT2D eigenvalue weighted by molar-refractivity contribution is 7.92. The molecule has 0 aliphatic rings. The number of ether oxygens (including phenoxy) is 1. The molecule has 0 atom stereocenters. The van der Waals surface area contributed by atoms with E-state index in [4.69, 9.17) is 27.9 Å². The molecule has 180 valence electrons. The van der Waals surface area contributed by atoms with E-state index in [-0.39, 0.29) is 12.5 Å². The van der Waals surface area contributed by atoms with E-state index in [1.807, 2.05) is 32.0 Å². The fourth-order valence-electron chi connectivity index (χ4n) is 3.30. The molecular weight excluding hydrogens is 495 g/mol. The number of anilines is 1. The van der Waals surface area contributed by atoms with Crippen LogP contribution in [0.2, 0.25) is 10.0 Å². The number of benzene rings is 3. The molecule has 34 heavy (non-hydrogen) atoms. The van der Waals surface area contributed by atoms with Crippen molar-refractivity contribution >= 4 is 44.8 Å². The summed E-state index contributed by atoms with van der Waals surface area (Å²) in [6, 6.07) is 17.3. The lowest BCUT2D eigenvalue weighted by atomic mass is 10.1. The number of hydrogen-bond acceptors (Lipinski definition) is 4. The van der Waals surface area contributed by atoms with Crippen molar-refractivity contribution in [3.05, 3.63) is 93.0 Å². The second-order valence-corrected chi connectivity index (χ2v) is 10.7. The van der Waals surface area contributed by atoms with Gasteiger partial charge in [0.05, 0.1) is 25.0 Å². The molecule has 0 spiro atoms. The van der Waals surface area contributed by atoms with Gasteiger partial charge in [-0.05, 0) is 66.9 Å². The molecule has 1 N–H and O–H groups in total. The predicted octanol–water partition coefficient (Wildman–Crippen LogP) is 5.39. The van der Waals surface area contributed by atoms with E-state index in [0.717, 1.165) is 23.1 Å². The monoisotopic (exact) mass is 520 g/mol. The van der Waals surface area contributed by atoms with Crippen molar-refractivity contribution in [2.75, 3.05) is 23.7 Å². The Hall–Kier alpha value is -2.74. The number of halogens is 2. The Kier molecular flexibility index (Phi) is 8.47. The first-order valence-corrected chi connectivity index (χ1v) is 13.1. The zero-order valence-electron chi connectivity index (χ0n) is 19.1. The van der Waals surface area contributed by atoms with Gasteiger partial charge in [0.25, 0.3) is 5.91 Å². The highest BCUT2D eigenvalue weighted by atomic mass is 35.5. The van der Waals surface area contributed by atoms with Gasteiger partial charge in [0, 0.05) is 15.6 Å². The minimum Gasteiger partial charge on any atom is -0.491 e. The average molecular weight is 521 g/mol. The summed E-state index contributed by atoms with van der Waals surface area (Å²) < 4.78 is 31.7. The van der Waals surface area contributed by atoms with Gasteiger partial charge < -0.3 is 10.1 Å². The first-order chi connectivity index (χ1) is 16.0. The molecular formula is C25H26Cl2N2O4S. The third kappa shape index (κ3) is 7.13. The number of hydrogen-bond donors (Lipinski definition) is 1. The van der Waals surface area contributed by atoms with Gasteiger partial charge in [-0.1, -0.05) is 47.5 Å². The molecule has 3 rings (SSSR count). The lowest BCUT2D eigenvalue weighted by Crippen LogP contribution is -2.29. The van der Waals surface area contributed by atoms with Crippen LogP contribution in [0.5, 0.6) is 5.75 Å². The third-order valence-corrected chi connectivity index (χ3v) is 6.64. The van der Waals surface area contributed by atoms with Crippen LogP contribution in [0, 0.1) is 13.8 Å². The van der Waals surface area contributed by atoms with Crippen molar-refractivity contribution in [2.45, 2.75) is 20.4 Å². The van der Waals surface area contributed by atoms with Crippen molar-refractivity contribution < 1.29 is 17.9 Å². The van der Waals surface area contributed by atoms with E-state index in [0.29, 0.717) is 40.0 Å². The standard InChI is InChI=1S/C25H26Cl2N2O4S/c1-17-4-5-18(2)24(12-17)33-11-10-28-25(30)20-8-6-19(7-9-20)16-29(34(3,31)32)23-14-21(26)13-22(27)15-23/h4-9,12-15H,10-11,16H2,1-3H3,(H,28,30). The Labute approximate surface area is 210 Å². The lowest BCUT2D eigenvalue weighted by molar-refractivity contribution is 0.0947. The minimum absolute atomic E-state index is 0.0705. The average Bonchev–Trinajstić information content (AvgIpc) is 2.76. The van der Waals surface area contributed by atoms with Crippen LogP contribution in [0.15, 0.2) is 60.7 Å². The molecule has 0 heterocycles. The summed E-state index contributed by atoms with van der Waals surface area (Å²) in [5.41, 5.74) is 3.68. The highest BCUT2D eigenvalue weighted by Crippen LogP contribution is 2.28. The van der Waals surface area contributed by atoms with Crippen molar-refractivity contribution in [3.63, 3.8) is 0 Å². The SMILES string of the molecule is Cc1ccc(C)c(OCCNC(=O)c2ccc(CN(c3cc(Cl)cc(Cl)c3)S(C)(=O)=O)cc2)c1. The topological polar surface area (TPSA) is 75.7 Å². The normalized spacial score (nSPS) is 11.2. The second kappa shape index (κ2) is 11.1. The molecule has 0 aliphatic carbocycles. The van der Waals surface area contributed by atoms with E-state index < -0.39 is 10.0 Å². The predicted molar refractivity (Wildman–Crippen MR) is 138 cm³/mol. The Balaban J connectivity index is 1.60. The molecule has 0 aromatic heterocycles. The molecule has 6 nitrogen and oxygen atoms in total. The smallest absolute Gasteiger partial charge is 0.251 e. The number of sulfonamides is 1. The number of carbonyl (C=O) groups is 1. The van der Waals surface area contributed by atoms with Crippen LogP contribution in [0.4, 0.5) is 5.69 Å². The van der Waals surface area contributed by atoms with Gasteiger partial charge in [-0.25, -0.2) is 8.42 Å². The second-order valence-electron chi connectivity index (χ2n) is 7.97. The number of nitrogens with zero attached hydrogens (tertiary/aromatic N) is 1. The largest absolute Gasteiger partial charge is 0.491 e. The maximum atomic E-state index is 12.5. The van der Waals surface area contributed by atoms with Crippen LogP contribution in [0.25, 0.3) is 0 Å². The van der Waals surface area contributed by atoms with Gasteiger partial charge in [0.2, 0.25) is 10.0 Å². The molecule has 1 amide bonds. The van der Waals surface area contributed by atoms with Crippen LogP contribution in [0.1, 0.15) is 27.0 Å². The van der Waals surface area contributed by atoms with Crippen molar-refractivity contribution in [1.29, 1.82) is 0 Å². The molecule has 0 unspecified atom stereocenters. The first kappa shape index (κ1) is 25.9. The van der Waals surface area contributed by atoms with Crippen LogP contribution in [-0.4, -0.2) is 33.7 Å². The van der Waals surface area contributed by atoms with Crippen LogP contribution in [0.3, 0.4) is 0 Å². The molecule has 3 aromatic carbocycles. The first-order valence-electron chi connectivity index (χ1n) is 10.5. The summed E-state index contributed by atoms with van der Waals surface area (Å²) in [7, 11) is -3.60. The van der Waals surface area contributed by atoms with Gasteiger partial charge in [-0.3, -0.25) is 9.10 Å². The van der Waals surface area contributed by atoms with Crippen LogP contribution < -0.4 is 14.4 Å². The van der Waals surface area contributed by atoms with Gasteiger partial charge in [0.15, 0.2) is 0 Å². The molecule has 9 heteroatoms.